The average molecular weight is 290 g/mol. The van der Waals surface area contributed by atoms with E-state index in [1.165, 1.54) is 43.5 Å². The smallest absolute Gasteiger partial charge is 0.337 e. The lowest BCUT2D eigenvalue weighted by Gasteiger charge is -2.08. The predicted octanol–water partition coefficient (Wildman–Crippen LogP) is 3.26. The molecular weight excluding hydrogens is 279 g/mol. The van der Waals surface area contributed by atoms with E-state index in [-0.39, 0.29) is 16.9 Å². The Kier molecular flexibility index (Phi) is 4.13. The molecule has 1 N–H and O–H groups in total. The number of nitrogens with one attached hydrogen (secondary N) is 1. The molecule has 2 rings (SSSR count). The van der Waals surface area contributed by atoms with E-state index >= 15 is 0 Å². The number of ether oxygens (including phenoxy) is 1. The first-order chi connectivity index (χ1) is 10.0. The lowest BCUT2D eigenvalue weighted by molar-refractivity contribution is -0.383. The number of hydrogen-bond acceptors (Lipinski definition) is 5. The summed E-state index contributed by atoms with van der Waals surface area (Å²) < 4.78 is 17.7. The summed E-state index contributed by atoms with van der Waals surface area (Å²) in [6, 6.07) is 9.23. The minimum absolute atomic E-state index is 0.0773. The molecule has 2 aromatic carbocycles. The molecule has 0 spiro atoms. The van der Waals surface area contributed by atoms with E-state index in [1.807, 2.05) is 0 Å². The quantitative estimate of drug-likeness (QED) is 0.531. The molecule has 0 amide bonds. The zero-order chi connectivity index (χ0) is 15.4. The number of nitro groups is 1. The van der Waals surface area contributed by atoms with Gasteiger partial charge in [0.05, 0.1) is 17.6 Å². The van der Waals surface area contributed by atoms with Gasteiger partial charge in [-0.3, -0.25) is 10.1 Å². The van der Waals surface area contributed by atoms with Crippen molar-refractivity contribution in [3.8, 4) is 0 Å². The molecule has 0 saturated carbocycles. The van der Waals surface area contributed by atoms with Gasteiger partial charge in [-0.15, -0.1) is 0 Å². The van der Waals surface area contributed by atoms with Gasteiger partial charge >= 0.3 is 5.97 Å². The molecule has 2 aromatic rings. The molecule has 0 bridgehead atoms. The first kappa shape index (κ1) is 14.4. The summed E-state index contributed by atoms with van der Waals surface area (Å²) in [6.45, 7) is 0. The summed E-state index contributed by atoms with van der Waals surface area (Å²) in [5.74, 6) is -1.10. The maximum absolute atomic E-state index is 13.1. The molecule has 0 aliphatic heterocycles. The zero-order valence-corrected chi connectivity index (χ0v) is 11.0. The summed E-state index contributed by atoms with van der Waals surface area (Å²) in [5, 5.41) is 13.7. The van der Waals surface area contributed by atoms with Crippen molar-refractivity contribution in [3.63, 3.8) is 0 Å². The third kappa shape index (κ3) is 3.33. The summed E-state index contributed by atoms with van der Waals surface area (Å²) in [7, 11) is 1.21. The Balaban J connectivity index is 2.43. The van der Waals surface area contributed by atoms with Crippen LogP contribution in [-0.4, -0.2) is 18.0 Å². The number of methoxy groups -OCH3 is 1. The molecule has 0 aliphatic rings. The standard InChI is InChI=1S/C14H11FN2O4/c1-21-14(18)9-5-6-13(17(19)20)12(7-9)16-11-4-2-3-10(15)8-11/h2-8,16H,1H3. The number of anilines is 2. The van der Waals surface area contributed by atoms with Crippen molar-refractivity contribution in [2.75, 3.05) is 12.4 Å². The van der Waals surface area contributed by atoms with Crippen LogP contribution in [0, 0.1) is 15.9 Å². The Hall–Kier alpha value is -2.96. The predicted molar refractivity (Wildman–Crippen MR) is 74.1 cm³/mol. The van der Waals surface area contributed by atoms with Crippen LogP contribution >= 0.6 is 0 Å². The van der Waals surface area contributed by atoms with E-state index in [0.717, 1.165) is 0 Å². The summed E-state index contributed by atoms with van der Waals surface area (Å²) >= 11 is 0. The Labute approximate surface area is 119 Å². The van der Waals surface area contributed by atoms with Gasteiger partial charge in [-0.25, -0.2) is 9.18 Å². The van der Waals surface area contributed by atoms with Crippen LogP contribution in [0.4, 0.5) is 21.5 Å². The highest BCUT2D eigenvalue weighted by Crippen LogP contribution is 2.29. The fourth-order valence-electron chi connectivity index (χ4n) is 1.76. The van der Waals surface area contributed by atoms with Gasteiger partial charge in [0.1, 0.15) is 11.5 Å². The lowest BCUT2D eigenvalue weighted by Crippen LogP contribution is -2.04. The maximum atomic E-state index is 13.1. The second-order valence-corrected chi connectivity index (χ2v) is 4.12. The highest BCUT2D eigenvalue weighted by molar-refractivity contribution is 5.92. The Morgan fingerprint density at radius 2 is 2.05 bits per heavy atom. The second-order valence-electron chi connectivity index (χ2n) is 4.12. The average Bonchev–Trinajstić information content (AvgIpc) is 2.46. The molecule has 108 valence electrons. The normalized spacial score (nSPS) is 10.0. The number of nitrogens with zero attached hydrogens (tertiary/aromatic N) is 1. The topological polar surface area (TPSA) is 81.5 Å². The minimum Gasteiger partial charge on any atom is -0.465 e. The Bertz CT molecular complexity index is 703. The zero-order valence-electron chi connectivity index (χ0n) is 11.0. The highest BCUT2D eigenvalue weighted by atomic mass is 19.1. The van der Waals surface area contributed by atoms with E-state index in [2.05, 4.69) is 10.1 Å². The molecule has 0 unspecified atom stereocenters. The third-order valence-corrected chi connectivity index (χ3v) is 2.72. The SMILES string of the molecule is COC(=O)c1ccc([N+](=O)[O-])c(Nc2cccc(F)c2)c1. The number of carbonyl (C=O) groups excluding carboxylic acids is 1. The molecular formula is C14H11FN2O4. The van der Waals surface area contributed by atoms with Crippen LogP contribution in [0.2, 0.25) is 0 Å². The van der Waals surface area contributed by atoms with E-state index < -0.39 is 16.7 Å². The van der Waals surface area contributed by atoms with Crippen molar-refractivity contribution < 1.29 is 18.8 Å². The van der Waals surface area contributed by atoms with E-state index in [9.17, 15) is 19.3 Å². The van der Waals surface area contributed by atoms with E-state index in [0.29, 0.717) is 5.69 Å². The van der Waals surface area contributed by atoms with Crippen molar-refractivity contribution in [1.29, 1.82) is 0 Å². The maximum Gasteiger partial charge on any atom is 0.337 e. The Morgan fingerprint density at radius 3 is 2.67 bits per heavy atom. The van der Waals surface area contributed by atoms with Crippen LogP contribution < -0.4 is 5.32 Å². The number of benzene rings is 2. The third-order valence-electron chi connectivity index (χ3n) is 2.72. The van der Waals surface area contributed by atoms with Crippen molar-refractivity contribution in [2.45, 2.75) is 0 Å². The molecule has 0 radical (unpaired) electrons. The van der Waals surface area contributed by atoms with Crippen molar-refractivity contribution in [1.82, 2.24) is 0 Å². The van der Waals surface area contributed by atoms with E-state index in [4.69, 9.17) is 0 Å². The highest BCUT2D eigenvalue weighted by Gasteiger charge is 2.17. The molecule has 7 heteroatoms. The van der Waals surface area contributed by atoms with Gasteiger partial charge in [-0.2, -0.15) is 0 Å². The number of halogens is 1. The van der Waals surface area contributed by atoms with Crippen LogP contribution in [0.3, 0.4) is 0 Å². The largest absolute Gasteiger partial charge is 0.465 e. The van der Waals surface area contributed by atoms with Crippen LogP contribution in [-0.2, 0) is 4.74 Å². The first-order valence-electron chi connectivity index (χ1n) is 5.90. The van der Waals surface area contributed by atoms with Gasteiger partial charge in [-0.05, 0) is 30.3 Å². The van der Waals surface area contributed by atoms with Gasteiger partial charge in [-0.1, -0.05) is 6.07 Å². The molecule has 0 saturated heterocycles. The number of hydrogen-bond donors (Lipinski definition) is 1. The van der Waals surface area contributed by atoms with Gasteiger partial charge < -0.3 is 10.1 Å². The molecule has 6 nitrogen and oxygen atoms in total. The minimum atomic E-state index is -0.618. The van der Waals surface area contributed by atoms with Crippen molar-refractivity contribution >= 4 is 23.0 Å². The molecule has 0 heterocycles. The molecule has 0 aliphatic carbocycles. The Morgan fingerprint density at radius 1 is 1.29 bits per heavy atom. The molecule has 21 heavy (non-hydrogen) atoms. The van der Waals surface area contributed by atoms with Crippen LogP contribution in [0.25, 0.3) is 0 Å². The fraction of sp³-hybridized carbons (Fsp3) is 0.0714. The van der Waals surface area contributed by atoms with Gasteiger partial charge in [0.2, 0.25) is 0 Å². The molecule has 0 atom stereocenters. The first-order valence-corrected chi connectivity index (χ1v) is 5.90. The monoisotopic (exact) mass is 290 g/mol. The number of carbonyl (C=O) groups is 1. The van der Waals surface area contributed by atoms with Gasteiger partial charge in [0.15, 0.2) is 0 Å². The second kappa shape index (κ2) is 6.00. The molecule has 0 aromatic heterocycles. The fourth-order valence-corrected chi connectivity index (χ4v) is 1.76. The number of nitro benzene ring substituents is 1. The van der Waals surface area contributed by atoms with Gasteiger partial charge in [0, 0.05) is 11.8 Å². The summed E-state index contributed by atoms with van der Waals surface area (Å²) in [4.78, 5) is 21.9. The van der Waals surface area contributed by atoms with Crippen molar-refractivity contribution in [2.24, 2.45) is 0 Å². The van der Waals surface area contributed by atoms with Crippen LogP contribution in [0.5, 0.6) is 0 Å². The number of esters is 1. The summed E-state index contributed by atoms with van der Waals surface area (Å²) in [6.07, 6.45) is 0. The van der Waals surface area contributed by atoms with Gasteiger partial charge in [0.25, 0.3) is 5.69 Å². The van der Waals surface area contributed by atoms with Crippen LogP contribution in [0.15, 0.2) is 42.5 Å². The van der Waals surface area contributed by atoms with Crippen LogP contribution in [0.1, 0.15) is 10.4 Å². The van der Waals surface area contributed by atoms with Crippen molar-refractivity contribution in [3.05, 3.63) is 64.0 Å². The molecule has 0 fully saturated rings. The summed E-state index contributed by atoms with van der Waals surface area (Å²) in [5.41, 5.74) is 0.336. The van der Waals surface area contributed by atoms with E-state index in [1.54, 1.807) is 6.07 Å². The lowest BCUT2D eigenvalue weighted by atomic mass is 10.1. The number of rotatable bonds is 4.